The topological polar surface area (TPSA) is 150 Å². The van der Waals surface area contributed by atoms with Gasteiger partial charge in [-0.3, -0.25) is 15.0 Å². The lowest BCUT2D eigenvalue weighted by Gasteiger charge is -2.06. The molecule has 3 aromatic rings. The summed E-state index contributed by atoms with van der Waals surface area (Å²) < 4.78 is 15.5. The minimum Gasteiger partial charge on any atom is -0.506 e. The van der Waals surface area contributed by atoms with Gasteiger partial charge in [0.1, 0.15) is 23.0 Å². The summed E-state index contributed by atoms with van der Waals surface area (Å²) in [4.78, 5) is 25.1. The van der Waals surface area contributed by atoms with E-state index in [-0.39, 0.29) is 11.3 Å². The second kappa shape index (κ2) is 9.97. The van der Waals surface area contributed by atoms with Crippen LogP contribution in [0.1, 0.15) is 10.4 Å². The van der Waals surface area contributed by atoms with E-state index in [9.17, 15) is 14.7 Å². The van der Waals surface area contributed by atoms with Crippen molar-refractivity contribution in [2.75, 3.05) is 26.6 Å². The van der Waals surface area contributed by atoms with Gasteiger partial charge in [-0.25, -0.2) is 4.79 Å². The van der Waals surface area contributed by atoms with Crippen LogP contribution < -0.4 is 19.5 Å². The first-order valence-corrected chi connectivity index (χ1v) is 11.4. The number of anilines is 1. The molecule has 0 unspecified atom stereocenters. The average molecular weight is 514 g/mol. The molecule has 0 fully saturated rings. The number of hydrogen-bond acceptors (Lipinski definition) is 6. The number of urea groups is 1. The van der Waals surface area contributed by atoms with Gasteiger partial charge in [0.25, 0.3) is 5.91 Å². The Morgan fingerprint density at radius 1 is 0.816 bits per heavy atom. The Labute approximate surface area is 216 Å². The summed E-state index contributed by atoms with van der Waals surface area (Å²) >= 11 is 0. The Bertz CT molecular complexity index is 1630. The third-order valence-corrected chi connectivity index (χ3v) is 6.07. The van der Waals surface area contributed by atoms with Crippen LogP contribution >= 0.6 is 0 Å². The van der Waals surface area contributed by atoms with E-state index in [1.807, 2.05) is 30.3 Å². The van der Waals surface area contributed by atoms with E-state index < -0.39 is 11.9 Å². The van der Waals surface area contributed by atoms with E-state index in [0.29, 0.717) is 50.7 Å². The monoisotopic (exact) mass is 513 g/mol. The molecule has 192 valence electrons. The van der Waals surface area contributed by atoms with Crippen LogP contribution in [-0.4, -0.2) is 48.6 Å². The van der Waals surface area contributed by atoms with Gasteiger partial charge in [-0.05, 0) is 42.5 Å². The smallest absolute Gasteiger partial charge is 0.364 e. The summed E-state index contributed by atoms with van der Waals surface area (Å²) in [6.07, 6.45) is 0. The second-order valence-corrected chi connectivity index (χ2v) is 8.22. The van der Waals surface area contributed by atoms with Gasteiger partial charge < -0.3 is 24.6 Å². The zero-order valence-electron chi connectivity index (χ0n) is 20.7. The molecule has 1 aliphatic carbocycles. The van der Waals surface area contributed by atoms with Gasteiger partial charge in [0, 0.05) is 17.0 Å². The van der Waals surface area contributed by atoms with E-state index in [0.717, 1.165) is 5.56 Å². The molecule has 0 saturated carbocycles. The quantitative estimate of drug-likeness (QED) is 0.210. The number of carbonyl (C=O) groups excluding carboxylic acids is 2. The van der Waals surface area contributed by atoms with Gasteiger partial charge in [-0.15, -0.1) is 5.11 Å². The summed E-state index contributed by atoms with van der Waals surface area (Å²) in [5.41, 5.74) is 3.19. The molecule has 38 heavy (non-hydrogen) atoms. The number of benzene rings is 3. The molecule has 0 saturated heterocycles. The lowest BCUT2D eigenvalue weighted by atomic mass is 10.1. The molecule has 0 radical (unpaired) electrons. The first-order chi connectivity index (χ1) is 18.4. The number of aromatic nitrogens is 2. The normalized spacial score (nSPS) is 11.2. The summed E-state index contributed by atoms with van der Waals surface area (Å²) in [5, 5.41) is 28.1. The number of aromatic amines is 2. The number of carbonyl (C=O) groups is 2. The molecular weight excluding hydrogens is 490 g/mol. The van der Waals surface area contributed by atoms with E-state index in [1.54, 1.807) is 25.3 Å². The fourth-order valence-corrected chi connectivity index (χ4v) is 4.25. The van der Waals surface area contributed by atoms with Crippen LogP contribution in [0.15, 0.2) is 70.9 Å². The van der Waals surface area contributed by atoms with E-state index in [4.69, 9.17) is 14.2 Å². The highest BCUT2D eigenvalue weighted by atomic mass is 16.5. The highest BCUT2D eigenvalue weighted by Crippen LogP contribution is 2.50. The van der Waals surface area contributed by atoms with Crippen molar-refractivity contribution in [2.45, 2.75) is 0 Å². The molecule has 0 atom stereocenters. The highest BCUT2D eigenvalue weighted by Gasteiger charge is 2.26. The third kappa shape index (κ3) is 4.37. The highest BCUT2D eigenvalue weighted by molar-refractivity contribution is 6.16. The van der Waals surface area contributed by atoms with Crippen LogP contribution in [0.4, 0.5) is 10.5 Å². The van der Waals surface area contributed by atoms with Crippen molar-refractivity contribution in [1.29, 1.82) is 0 Å². The maximum Gasteiger partial charge on any atom is 0.364 e. The number of nitrogens with one attached hydrogen (secondary N) is 3. The van der Waals surface area contributed by atoms with Crippen molar-refractivity contribution in [3.63, 3.8) is 0 Å². The molecule has 3 aromatic carbocycles. The number of fused-ring (bicyclic) bond motifs is 3. The van der Waals surface area contributed by atoms with Crippen LogP contribution in [0, 0.1) is 0 Å². The lowest BCUT2D eigenvalue weighted by molar-refractivity contribution is 0.0993. The van der Waals surface area contributed by atoms with E-state index in [1.165, 1.54) is 26.4 Å². The van der Waals surface area contributed by atoms with Gasteiger partial charge in [0.2, 0.25) is 0 Å². The third-order valence-electron chi connectivity index (χ3n) is 6.07. The van der Waals surface area contributed by atoms with Crippen molar-refractivity contribution < 1.29 is 28.9 Å². The van der Waals surface area contributed by atoms with Crippen LogP contribution in [0.2, 0.25) is 0 Å². The van der Waals surface area contributed by atoms with Crippen molar-refractivity contribution >= 4 is 28.4 Å². The van der Waals surface area contributed by atoms with Crippen molar-refractivity contribution in [1.82, 2.24) is 10.2 Å². The summed E-state index contributed by atoms with van der Waals surface area (Å²) in [6.45, 7) is 0. The van der Waals surface area contributed by atoms with Gasteiger partial charge >= 0.3 is 6.03 Å². The summed E-state index contributed by atoms with van der Waals surface area (Å²) in [6, 6.07) is 16.2. The molecule has 11 heteroatoms. The molecule has 0 bridgehead atoms. The Morgan fingerprint density at radius 2 is 1.47 bits per heavy atom. The van der Waals surface area contributed by atoms with Crippen LogP contribution in [-0.2, 0) is 0 Å². The number of hydrogen-bond donors (Lipinski definition) is 4. The molecule has 1 aliphatic heterocycles. The number of aromatic hydroxyl groups is 1. The molecule has 3 amide bonds. The Balaban J connectivity index is 1.43. The SMILES string of the molecule is COc1ccc(-c2[nH][nH]c3c4cccc(NC(=O)N=NC(=O)c5cc(OC)cc(OC)c5)c4c(O)c2-3)cc1. The van der Waals surface area contributed by atoms with Crippen molar-refractivity contribution in [3.8, 4) is 45.5 Å². The second-order valence-electron chi connectivity index (χ2n) is 8.22. The predicted molar refractivity (Wildman–Crippen MR) is 141 cm³/mol. The van der Waals surface area contributed by atoms with Gasteiger partial charge in [-0.2, -0.15) is 0 Å². The first-order valence-electron chi connectivity index (χ1n) is 11.4. The molecule has 2 aliphatic rings. The maximum atomic E-state index is 12.6. The zero-order chi connectivity index (χ0) is 26.8. The minimum absolute atomic E-state index is 0.0225. The van der Waals surface area contributed by atoms with Crippen LogP contribution in [0.3, 0.4) is 0 Å². The van der Waals surface area contributed by atoms with Crippen LogP contribution in [0.25, 0.3) is 33.3 Å². The zero-order valence-corrected chi connectivity index (χ0v) is 20.7. The van der Waals surface area contributed by atoms with E-state index >= 15 is 0 Å². The number of methoxy groups -OCH3 is 3. The molecule has 5 rings (SSSR count). The molecule has 0 spiro atoms. The minimum atomic E-state index is -0.882. The van der Waals surface area contributed by atoms with Crippen LogP contribution in [0.5, 0.6) is 23.0 Å². The number of rotatable bonds is 6. The summed E-state index contributed by atoms with van der Waals surface area (Å²) in [5.74, 6) is 0.728. The molecular formula is C27H23N5O6. The average Bonchev–Trinajstić information content (AvgIpc) is 3.51. The lowest BCUT2D eigenvalue weighted by Crippen LogP contribution is -2.07. The number of H-pyrrole nitrogens is 2. The van der Waals surface area contributed by atoms with E-state index in [2.05, 4.69) is 25.7 Å². The largest absolute Gasteiger partial charge is 0.506 e. The van der Waals surface area contributed by atoms with Crippen molar-refractivity contribution in [2.24, 2.45) is 10.2 Å². The predicted octanol–water partition coefficient (Wildman–Crippen LogP) is 5.82. The molecule has 4 N–H and O–H groups in total. The molecule has 1 heterocycles. The standard InChI is InChI=1S/C27H23N5O6/c1-36-16-9-7-14(8-10-16)23-22-24(30-29-23)19-5-4-6-20(21(19)25(22)33)28-27(35)32-31-26(34)15-11-17(37-2)13-18(12-15)38-3/h4-13,29-30,33H,1-3H3,(H,28,35). The fourth-order valence-electron chi connectivity index (χ4n) is 4.25. The van der Waals surface area contributed by atoms with Gasteiger partial charge in [-0.1, -0.05) is 17.2 Å². The Kier molecular flexibility index (Phi) is 6.40. The molecule has 0 aromatic heterocycles. The number of ether oxygens (including phenoxy) is 3. The van der Waals surface area contributed by atoms with Gasteiger partial charge in [0.15, 0.2) is 0 Å². The van der Waals surface area contributed by atoms with Gasteiger partial charge in [0.05, 0.1) is 54.9 Å². The van der Waals surface area contributed by atoms with Crippen molar-refractivity contribution in [3.05, 3.63) is 66.2 Å². The first kappa shape index (κ1) is 24.4. The number of nitrogens with zero attached hydrogens (tertiary/aromatic N) is 2. The Hall–Kier alpha value is -5.32. The molecule has 11 nitrogen and oxygen atoms in total. The maximum absolute atomic E-state index is 12.6. The number of amides is 3. The number of azo groups is 1. The fraction of sp³-hybridized carbons (Fsp3) is 0.111. The summed E-state index contributed by atoms with van der Waals surface area (Å²) in [7, 11) is 4.50. The Morgan fingerprint density at radius 3 is 2.13 bits per heavy atom.